The summed E-state index contributed by atoms with van der Waals surface area (Å²) in [7, 11) is 1.71. The summed E-state index contributed by atoms with van der Waals surface area (Å²) in [6.07, 6.45) is 5.12. The molecule has 0 radical (unpaired) electrons. The lowest BCUT2D eigenvalue weighted by molar-refractivity contribution is 0.0180. The normalized spacial score (nSPS) is 17.8. The van der Waals surface area contributed by atoms with Gasteiger partial charge in [-0.3, -0.25) is 9.78 Å². The Morgan fingerprint density at radius 2 is 2.50 bits per heavy atom. The highest BCUT2D eigenvalue weighted by Crippen LogP contribution is 2.40. The minimum absolute atomic E-state index is 0.0233. The van der Waals surface area contributed by atoms with E-state index in [0.29, 0.717) is 11.4 Å². The van der Waals surface area contributed by atoms with Gasteiger partial charge in [0.25, 0.3) is 5.91 Å². The molecular weight excluding hydrogens is 224 g/mol. The largest absolute Gasteiger partial charge is 0.384 e. The summed E-state index contributed by atoms with van der Waals surface area (Å²) in [6, 6.07) is 0. The van der Waals surface area contributed by atoms with Crippen molar-refractivity contribution in [2.75, 3.05) is 20.3 Å². The zero-order valence-electron chi connectivity index (χ0n) is 9.36. The van der Waals surface area contributed by atoms with E-state index in [1.807, 2.05) is 0 Å². The molecule has 0 saturated heterocycles. The van der Waals surface area contributed by atoms with Gasteiger partial charge < -0.3 is 10.1 Å². The number of aromatic nitrogens is 1. The Bertz CT molecular complexity index is 347. The highest BCUT2D eigenvalue weighted by atomic mass is 32.1. The summed E-state index contributed by atoms with van der Waals surface area (Å²) in [4.78, 5) is 16.3. The number of hydrogen-bond donors (Lipinski definition) is 1. The van der Waals surface area contributed by atoms with E-state index in [2.05, 4.69) is 10.3 Å². The van der Waals surface area contributed by atoms with E-state index in [9.17, 15) is 4.79 Å². The summed E-state index contributed by atoms with van der Waals surface area (Å²) < 4.78 is 5.21. The number of ether oxygens (including phenoxy) is 1. The summed E-state index contributed by atoms with van der Waals surface area (Å²) >= 11 is 1.37. The van der Waals surface area contributed by atoms with E-state index in [4.69, 9.17) is 4.74 Å². The Kier molecular flexibility index (Phi) is 3.56. The van der Waals surface area contributed by atoms with Crippen LogP contribution in [-0.4, -0.2) is 31.2 Å². The van der Waals surface area contributed by atoms with Gasteiger partial charge >= 0.3 is 0 Å². The minimum Gasteiger partial charge on any atom is -0.384 e. The maximum atomic E-state index is 11.7. The smallest absolute Gasteiger partial charge is 0.263 e. The molecule has 1 saturated carbocycles. The first kappa shape index (κ1) is 11.5. The fourth-order valence-electron chi connectivity index (χ4n) is 2.04. The highest BCUT2D eigenvalue weighted by Gasteiger charge is 2.37. The molecule has 0 spiro atoms. The SMILES string of the molecule is COCC1(CNC(=O)c2cncs2)CCC1. The number of rotatable bonds is 5. The van der Waals surface area contributed by atoms with Gasteiger partial charge in [0.15, 0.2) is 0 Å². The molecular formula is C11H16N2O2S. The van der Waals surface area contributed by atoms with Crippen LogP contribution in [0.5, 0.6) is 0 Å². The summed E-state index contributed by atoms with van der Waals surface area (Å²) in [5, 5.41) is 2.96. The van der Waals surface area contributed by atoms with Crippen LogP contribution in [-0.2, 0) is 4.74 Å². The molecule has 5 heteroatoms. The Morgan fingerprint density at radius 1 is 1.69 bits per heavy atom. The molecule has 0 aromatic carbocycles. The van der Waals surface area contributed by atoms with Crippen LogP contribution in [0.1, 0.15) is 28.9 Å². The molecule has 1 aliphatic rings. The maximum Gasteiger partial charge on any atom is 0.263 e. The molecule has 88 valence electrons. The first-order chi connectivity index (χ1) is 7.76. The first-order valence-electron chi connectivity index (χ1n) is 5.41. The summed E-state index contributed by atoms with van der Waals surface area (Å²) in [6.45, 7) is 1.44. The van der Waals surface area contributed by atoms with Crippen LogP contribution in [0.2, 0.25) is 0 Å². The third-order valence-electron chi connectivity index (χ3n) is 3.14. The molecule has 4 nitrogen and oxygen atoms in total. The highest BCUT2D eigenvalue weighted by molar-refractivity contribution is 7.11. The number of nitrogens with zero attached hydrogens (tertiary/aromatic N) is 1. The standard InChI is InChI=1S/C11H16N2O2S/c1-15-7-11(3-2-4-11)6-13-10(14)9-5-12-8-16-9/h5,8H,2-4,6-7H2,1H3,(H,13,14). The number of carbonyl (C=O) groups is 1. The van der Waals surface area contributed by atoms with Crippen LogP contribution < -0.4 is 5.32 Å². The fourth-order valence-corrected chi connectivity index (χ4v) is 2.57. The van der Waals surface area contributed by atoms with E-state index in [-0.39, 0.29) is 11.3 Å². The van der Waals surface area contributed by atoms with Crippen LogP contribution in [0.3, 0.4) is 0 Å². The molecule has 1 aromatic heterocycles. The van der Waals surface area contributed by atoms with Crippen molar-refractivity contribution in [1.82, 2.24) is 10.3 Å². The Morgan fingerprint density at radius 3 is 3.00 bits per heavy atom. The van der Waals surface area contributed by atoms with Crippen molar-refractivity contribution in [3.05, 3.63) is 16.6 Å². The lowest BCUT2D eigenvalue weighted by Gasteiger charge is -2.41. The van der Waals surface area contributed by atoms with Crippen molar-refractivity contribution in [3.63, 3.8) is 0 Å². The molecule has 16 heavy (non-hydrogen) atoms. The molecule has 0 aliphatic heterocycles. The first-order valence-corrected chi connectivity index (χ1v) is 6.29. The van der Waals surface area contributed by atoms with Crippen LogP contribution in [0.25, 0.3) is 0 Å². The van der Waals surface area contributed by atoms with Crippen molar-refractivity contribution in [2.24, 2.45) is 5.41 Å². The van der Waals surface area contributed by atoms with Gasteiger partial charge in [-0.2, -0.15) is 0 Å². The van der Waals surface area contributed by atoms with E-state index >= 15 is 0 Å². The molecule has 1 heterocycles. The predicted octanol–water partition coefficient (Wildman–Crippen LogP) is 1.69. The van der Waals surface area contributed by atoms with Gasteiger partial charge in [-0.1, -0.05) is 6.42 Å². The summed E-state index contributed by atoms with van der Waals surface area (Å²) in [5.41, 5.74) is 1.85. The van der Waals surface area contributed by atoms with Crippen LogP contribution >= 0.6 is 11.3 Å². The molecule has 2 rings (SSSR count). The van der Waals surface area contributed by atoms with E-state index < -0.39 is 0 Å². The number of hydrogen-bond acceptors (Lipinski definition) is 4. The summed E-state index contributed by atoms with van der Waals surface area (Å²) in [5.74, 6) is -0.0233. The molecule has 0 atom stereocenters. The Labute approximate surface area is 99.0 Å². The van der Waals surface area contributed by atoms with Gasteiger partial charge in [0.1, 0.15) is 4.88 Å². The number of amides is 1. The van der Waals surface area contributed by atoms with E-state index in [0.717, 1.165) is 19.4 Å². The average molecular weight is 240 g/mol. The molecule has 1 N–H and O–H groups in total. The predicted molar refractivity (Wildman–Crippen MR) is 62.6 cm³/mol. The Hall–Kier alpha value is -0.940. The molecule has 0 unspecified atom stereocenters. The average Bonchev–Trinajstić information content (AvgIpc) is 2.74. The van der Waals surface area contributed by atoms with Gasteiger partial charge in [0, 0.05) is 19.1 Å². The monoisotopic (exact) mass is 240 g/mol. The van der Waals surface area contributed by atoms with Gasteiger partial charge in [-0.25, -0.2) is 0 Å². The van der Waals surface area contributed by atoms with E-state index in [1.165, 1.54) is 17.8 Å². The van der Waals surface area contributed by atoms with Crippen molar-refractivity contribution in [1.29, 1.82) is 0 Å². The second-order valence-corrected chi connectivity index (χ2v) is 5.22. The Balaban J connectivity index is 1.84. The number of methoxy groups -OCH3 is 1. The number of nitrogens with one attached hydrogen (secondary N) is 1. The lowest BCUT2D eigenvalue weighted by Crippen LogP contribution is -2.44. The van der Waals surface area contributed by atoms with Gasteiger partial charge in [0.2, 0.25) is 0 Å². The lowest BCUT2D eigenvalue weighted by atomic mass is 9.69. The third kappa shape index (κ3) is 2.41. The van der Waals surface area contributed by atoms with E-state index in [1.54, 1.807) is 18.8 Å². The topological polar surface area (TPSA) is 51.2 Å². The van der Waals surface area contributed by atoms with Crippen LogP contribution in [0, 0.1) is 5.41 Å². The molecule has 1 aliphatic carbocycles. The molecule has 1 aromatic rings. The maximum absolute atomic E-state index is 11.7. The zero-order chi connectivity index (χ0) is 11.4. The molecule has 1 amide bonds. The number of thiazole rings is 1. The van der Waals surface area contributed by atoms with Crippen LogP contribution in [0.4, 0.5) is 0 Å². The minimum atomic E-state index is -0.0233. The quantitative estimate of drug-likeness (QED) is 0.852. The third-order valence-corrected chi connectivity index (χ3v) is 3.92. The second-order valence-electron chi connectivity index (χ2n) is 4.33. The molecule has 1 fully saturated rings. The van der Waals surface area contributed by atoms with Crippen molar-refractivity contribution in [2.45, 2.75) is 19.3 Å². The van der Waals surface area contributed by atoms with Crippen LogP contribution in [0.15, 0.2) is 11.7 Å². The van der Waals surface area contributed by atoms with Gasteiger partial charge in [-0.15, -0.1) is 11.3 Å². The van der Waals surface area contributed by atoms with Gasteiger partial charge in [-0.05, 0) is 12.8 Å². The fraction of sp³-hybridized carbons (Fsp3) is 0.636. The second kappa shape index (κ2) is 4.93. The molecule has 0 bridgehead atoms. The van der Waals surface area contributed by atoms with Crippen molar-refractivity contribution < 1.29 is 9.53 Å². The number of carbonyl (C=O) groups excluding carboxylic acids is 1. The van der Waals surface area contributed by atoms with Crippen molar-refractivity contribution >= 4 is 17.2 Å². The van der Waals surface area contributed by atoms with Crippen molar-refractivity contribution in [3.8, 4) is 0 Å². The zero-order valence-corrected chi connectivity index (χ0v) is 10.2. The van der Waals surface area contributed by atoms with Gasteiger partial charge in [0.05, 0.1) is 18.3 Å².